The zero-order chi connectivity index (χ0) is 18.6. The van der Waals surface area contributed by atoms with Crippen LogP contribution < -0.4 is 4.74 Å². The molecule has 25 heavy (non-hydrogen) atoms. The maximum atomic E-state index is 12.5. The smallest absolute Gasteiger partial charge is 0.343 e. The quantitative estimate of drug-likeness (QED) is 0.301. The lowest BCUT2D eigenvalue weighted by Gasteiger charge is -2.12. The van der Waals surface area contributed by atoms with Crippen LogP contribution in [0.1, 0.15) is 28.4 Å². The van der Waals surface area contributed by atoms with Gasteiger partial charge in [-0.05, 0) is 56.2 Å². The summed E-state index contributed by atoms with van der Waals surface area (Å²) in [5.74, 6) is -0.0942. The van der Waals surface area contributed by atoms with Crippen LogP contribution in [-0.2, 0) is 0 Å². The molecule has 0 atom stereocenters. The lowest BCUT2D eigenvalue weighted by Crippen LogP contribution is -2.14. The molecule has 0 fully saturated rings. The van der Waals surface area contributed by atoms with E-state index in [1.165, 1.54) is 6.07 Å². The van der Waals surface area contributed by atoms with E-state index in [0.717, 1.165) is 23.4 Å². The number of esters is 1. The van der Waals surface area contributed by atoms with E-state index in [2.05, 4.69) is 4.99 Å². The second-order valence-electron chi connectivity index (χ2n) is 5.74. The van der Waals surface area contributed by atoms with E-state index in [1.807, 2.05) is 38.8 Å². The van der Waals surface area contributed by atoms with E-state index in [0.29, 0.717) is 21.4 Å². The van der Waals surface area contributed by atoms with E-state index in [4.69, 9.17) is 27.9 Å². The minimum atomic E-state index is -0.444. The van der Waals surface area contributed by atoms with Crippen molar-refractivity contribution in [2.45, 2.75) is 20.8 Å². The molecular weight excluding hydrogens is 359 g/mol. The number of benzene rings is 2. The van der Waals surface area contributed by atoms with Crippen LogP contribution in [0.4, 0.5) is 5.69 Å². The third-order valence-electron chi connectivity index (χ3n) is 3.76. The fourth-order valence-electron chi connectivity index (χ4n) is 2.10. The van der Waals surface area contributed by atoms with Crippen molar-refractivity contribution in [3.8, 4) is 5.75 Å². The van der Waals surface area contributed by atoms with Gasteiger partial charge in [0.25, 0.3) is 0 Å². The van der Waals surface area contributed by atoms with Crippen molar-refractivity contribution in [1.29, 1.82) is 0 Å². The largest absolute Gasteiger partial charge is 0.423 e. The van der Waals surface area contributed by atoms with Crippen LogP contribution in [0.3, 0.4) is 0 Å². The zero-order valence-corrected chi connectivity index (χ0v) is 16.1. The molecule has 132 valence electrons. The Hall–Kier alpha value is -2.04. The third-order valence-corrected chi connectivity index (χ3v) is 4.50. The number of hydrogen-bond donors (Lipinski definition) is 0. The summed E-state index contributed by atoms with van der Waals surface area (Å²) in [4.78, 5) is 18.9. The number of halogens is 2. The fraction of sp³-hybridized carbons (Fsp3) is 0.263. The maximum absolute atomic E-state index is 12.5. The molecule has 0 aliphatic rings. The molecule has 0 unspecified atom stereocenters. The number of aryl methyl sites for hydroxylation is 2. The van der Waals surface area contributed by atoms with Gasteiger partial charge >= 0.3 is 5.97 Å². The van der Waals surface area contributed by atoms with Crippen molar-refractivity contribution in [3.05, 3.63) is 57.1 Å². The highest BCUT2D eigenvalue weighted by atomic mass is 35.5. The van der Waals surface area contributed by atoms with Gasteiger partial charge in [0.2, 0.25) is 0 Å². The molecular formula is C19H20Cl2N2O2. The number of nitrogens with zero attached hydrogens (tertiary/aromatic N) is 2. The molecule has 0 radical (unpaired) electrons. The zero-order valence-electron chi connectivity index (χ0n) is 14.6. The molecule has 0 bridgehead atoms. The minimum Gasteiger partial charge on any atom is -0.423 e. The highest BCUT2D eigenvalue weighted by Crippen LogP contribution is 2.28. The average Bonchev–Trinajstić information content (AvgIpc) is 2.58. The van der Waals surface area contributed by atoms with Gasteiger partial charge in [0.15, 0.2) is 0 Å². The van der Waals surface area contributed by atoms with Crippen molar-refractivity contribution in [2.75, 3.05) is 13.6 Å². The highest BCUT2D eigenvalue weighted by molar-refractivity contribution is 6.42. The van der Waals surface area contributed by atoms with Crippen LogP contribution >= 0.6 is 23.2 Å². The van der Waals surface area contributed by atoms with E-state index >= 15 is 0 Å². The first-order valence-electron chi connectivity index (χ1n) is 7.84. The van der Waals surface area contributed by atoms with Gasteiger partial charge in [0.05, 0.1) is 27.6 Å². The molecule has 0 aliphatic carbocycles. The molecule has 2 aromatic carbocycles. The molecule has 0 amide bonds. The Morgan fingerprint density at radius 2 is 1.88 bits per heavy atom. The van der Waals surface area contributed by atoms with Crippen molar-refractivity contribution in [3.63, 3.8) is 0 Å². The average molecular weight is 379 g/mol. The van der Waals surface area contributed by atoms with Crippen molar-refractivity contribution >= 4 is 41.2 Å². The first-order chi connectivity index (χ1) is 11.8. The lowest BCUT2D eigenvalue weighted by atomic mass is 10.0. The molecule has 0 saturated carbocycles. The number of rotatable bonds is 5. The SMILES string of the molecule is CCN(C)/C=N/c1cc(C)c(C(=O)Oc2ccc(Cl)c(Cl)c2)cc1C. The van der Waals surface area contributed by atoms with Gasteiger partial charge < -0.3 is 9.64 Å². The normalized spacial score (nSPS) is 11.0. The number of ether oxygens (including phenoxy) is 1. The molecule has 0 N–H and O–H groups in total. The number of carbonyl (C=O) groups is 1. The summed E-state index contributed by atoms with van der Waals surface area (Å²) in [6, 6.07) is 8.37. The predicted octanol–water partition coefficient (Wildman–Crippen LogP) is 5.44. The van der Waals surface area contributed by atoms with Gasteiger partial charge in [-0.25, -0.2) is 9.79 Å². The standard InChI is InChI=1S/C19H20Cl2N2O2/c1-5-23(4)11-22-18-9-12(2)15(8-13(18)3)19(24)25-14-6-7-16(20)17(21)10-14/h6-11H,5H2,1-4H3/b22-11+. The molecule has 0 aliphatic heterocycles. The molecule has 0 aromatic heterocycles. The molecule has 2 aromatic rings. The van der Waals surface area contributed by atoms with E-state index in [9.17, 15) is 4.79 Å². The van der Waals surface area contributed by atoms with Crippen LogP contribution in [0.5, 0.6) is 5.75 Å². The second kappa shape index (κ2) is 8.37. The first kappa shape index (κ1) is 19.3. The van der Waals surface area contributed by atoms with Crippen LogP contribution in [0, 0.1) is 13.8 Å². The number of carbonyl (C=O) groups excluding carboxylic acids is 1. The summed E-state index contributed by atoms with van der Waals surface area (Å²) in [6.07, 6.45) is 1.77. The Balaban J connectivity index is 2.24. The van der Waals surface area contributed by atoms with Gasteiger partial charge in [-0.2, -0.15) is 0 Å². The number of hydrogen-bond acceptors (Lipinski definition) is 3. The van der Waals surface area contributed by atoms with Crippen molar-refractivity contribution < 1.29 is 9.53 Å². The molecule has 0 heterocycles. The minimum absolute atomic E-state index is 0.338. The second-order valence-corrected chi connectivity index (χ2v) is 6.55. The summed E-state index contributed by atoms with van der Waals surface area (Å²) < 4.78 is 5.40. The topological polar surface area (TPSA) is 41.9 Å². The highest BCUT2D eigenvalue weighted by Gasteiger charge is 2.14. The Kier molecular flexibility index (Phi) is 6.45. The maximum Gasteiger partial charge on any atom is 0.343 e. The first-order valence-corrected chi connectivity index (χ1v) is 8.60. The summed E-state index contributed by atoms with van der Waals surface area (Å²) in [5, 5.41) is 0.748. The van der Waals surface area contributed by atoms with Gasteiger partial charge in [0.1, 0.15) is 5.75 Å². The molecule has 2 rings (SSSR count). The van der Waals surface area contributed by atoms with Gasteiger partial charge in [-0.15, -0.1) is 0 Å². The Morgan fingerprint density at radius 1 is 1.16 bits per heavy atom. The van der Waals surface area contributed by atoms with E-state index in [-0.39, 0.29) is 0 Å². The summed E-state index contributed by atoms with van der Waals surface area (Å²) in [7, 11) is 1.95. The van der Waals surface area contributed by atoms with Gasteiger partial charge in [-0.1, -0.05) is 23.2 Å². The predicted molar refractivity (Wildman–Crippen MR) is 104 cm³/mol. The summed E-state index contributed by atoms with van der Waals surface area (Å²) in [5.41, 5.74) is 3.00. The van der Waals surface area contributed by atoms with Crippen LogP contribution in [0.2, 0.25) is 10.0 Å². The Bertz CT molecular complexity index is 819. The molecule has 0 spiro atoms. The van der Waals surface area contributed by atoms with Gasteiger partial charge in [0, 0.05) is 19.7 Å². The fourth-order valence-corrected chi connectivity index (χ4v) is 2.39. The Labute approximate surface area is 158 Å². The lowest BCUT2D eigenvalue weighted by molar-refractivity contribution is 0.0734. The van der Waals surface area contributed by atoms with Crippen LogP contribution in [0.25, 0.3) is 0 Å². The van der Waals surface area contributed by atoms with Crippen molar-refractivity contribution in [2.24, 2.45) is 4.99 Å². The van der Waals surface area contributed by atoms with Gasteiger partial charge in [-0.3, -0.25) is 0 Å². The number of aliphatic imine (C=N–C) groups is 1. The summed E-state index contributed by atoms with van der Waals surface area (Å²) >= 11 is 11.8. The summed E-state index contributed by atoms with van der Waals surface area (Å²) in [6.45, 7) is 6.68. The molecule has 0 saturated heterocycles. The monoisotopic (exact) mass is 378 g/mol. The van der Waals surface area contributed by atoms with Crippen LogP contribution in [0.15, 0.2) is 35.3 Å². The Morgan fingerprint density at radius 3 is 2.52 bits per heavy atom. The van der Waals surface area contributed by atoms with E-state index < -0.39 is 5.97 Å². The third kappa shape index (κ3) is 4.97. The van der Waals surface area contributed by atoms with Crippen molar-refractivity contribution in [1.82, 2.24) is 4.90 Å². The van der Waals surface area contributed by atoms with Crippen LogP contribution in [-0.4, -0.2) is 30.8 Å². The molecule has 4 nitrogen and oxygen atoms in total. The van der Waals surface area contributed by atoms with E-state index in [1.54, 1.807) is 24.5 Å². The molecule has 6 heteroatoms.